The number of aliphatic carboxylic acids is 1. The average molecular weight is 408 g/mol. The monoisotopic (exact) mass is 407 g/mol. The molecule has 0 atom stereocenters. The minimum Gasteiger partial charge on any atom is -0.477 e. The Kier molecular flexibility index (Phi) is 6.32. The van der Waals surface area contributed by atoms with Gasteiger partial charge in [0.05, 0.1) is 5.02 Å². The molecule has 0 aliphatic rings. The van der Waals surface area contributed by atoms with Crippen molar-refractivity contribution in [1.82, 2.24) is 5.32 Å². The topological polar surface area (TPSA) is 75.6 Å². The molecule has 0 unspecified atom stereocenters. The third kappa shape index (κ3) is 5.24. The Bertz CT molecular complexity index is 1080. The van der Waals surface area contributed by atoms with Crippen LogP contribution in [-0.2, 0) is 4.79 Å². The van der Waals surface area contributed by atoms with E-state index >= 15 is 0 Å². The lowest BCUT2D eigenvalue weighted by Gasteiger charge is -2.10. The zero-order chi connectivity index (χ0) is 20.8. The summed E-state index contributed by atoms with van der Waals surface area (Å²) in [5.41, 5.74) is 1.58. The number of aryl methyl sites for hydroxylation is 1. The van der Waals surface area contributed by atoms with Crippen LogP contribution in [0.2, 0.25) is 5.02 Å². The summed E-state index contributed by atoms with van der Waals surface area (Å²) in [6.07, 6.45) is 1.41. The molecule has 0 aromatic heterocycles. The van der Waals surface area contributed by atoms with Gasteiger partial charge in [-0.15, -0.1) is 0 Å². The van der Waals surface area contributed by atoms with Crippen LogP contribution in [0.3, 0.4) is 0 Å². The smallest absolute Gasteiger partial charge is 0.352 e. The van der Waals surface area contributed by atoms with E-state index in [9.17, 15) is 14.7 Å². The van der Waals surface area contributed by atoms with E-state index in [4.69, 9.17) is 16.3 Å². The molecule has 0 fully saturated rings. The number of benzene rings is 3. The van der Waals surface area contributed by atoms with E-state index in [1.807, 2.05) is 19.1 Å². The quantitative estimate of drug-likeness (QED) is 0.544. The zero-order valence-electron chi connectivity index (χ0n) is 15.6. The van der Waals surface area contributed by atoms with Gasteiger partial charge >= 0.3 is 5.97 Å². The molecule has 0 aliphatic heterocycles. The van der Waals surface area contributed by atoms with E-state index in [1.54, 1.807) is 60.7 Å². The number of hydrogen-bond acceptors (Lipinski definition) is 3. The molecule has 3 rings (SSSR count). The number of amides is 1. The van der Waals surface area contributed by atoms with Crippen molar-refractivity contribution in [2.75, 3.05) is 0 Å². The average Bonchev–Trinajstić information content (AvgIpc) is 2.71. The lowest BCUT2D eigenvalue weighted by atomic mass is 10.1. The molecule has 0 saturated carbocycles. The number of carbonyl (C=O) groups excluding carboxylic acids is 1. The van der Waals surface area contributed by atoms with Crippen LogP contribution in [-0.4, -0.2) is 17.0 Å². The highest BCUT2D eigenvalue weighted by Crippen LogP contribution is 2.30. The molecule has 0 spiro atoms. The van der Waals surface area contributed by atoms with E-state index < -0.39 is 11.9 Å². The highest BCUT2D eigenvalue weighted by molar-refractivity contribution is 6.32. The standard InChI is InChI=1S/C23H18ClNO4/c1-15-13-18(29-21-10-6-5-9-19(21)24)12-11-17(15)14-20(23(27)28)25-22(26)16-7-3-2-4-8-16/h2-14H,1H3,(H,25,26)(H,27,28)/b20-14-. The van der Waals surface area contributed by atoms with Crippen molar-refractivity contribution in [2.24, 2.45) is 0 Å². The first-order valence-electron chi connectivity index (χ1n) is 8.78. The normalized spacial score (nSPS) is 11.0. The minimum absolute atomic E-state index is 0.221. The fourth-order valence-corrected chi connectivity index (χ4v) is 2.79. The number of carboxylic acids is 1. The highest BCUT2D eigenvalue weighted by Gasteiger charge is 2.14. The molecule has 2 N–H and O–H groups in total. The molecule has 0 heterocycles. The Morgan fingerprint density at radius 1 is 1.00 bits per heavy atom. The molecule has 146 valence electrons. The maximum Gasteiger partial charge on any atom is 0.352 e. The summed E-state index contributed by atoms with van der Waals surface area (Å²) in [7, 11) is 0. The van der Waals surface area contributed by atoms with E-state index in [-0.39, 0.29) is 5.70 Å². The van der Waals surface area contributed by atoms with Crippen molar-refractivity contribution in [1.29, 1.82) is 0 Å². The van der Waals surface area contributed by atoms with Crippen molar-refractivity contribution in [3.63, 3.8) is 0 Å². The number of ether oxygens (including phenoxy) is 1. The summed E-state index contributed by atoms with van der Waals surface area (Å²) in [5, 5.41) is 12.4. The first-order chi connectivity index (χ1) is 13.9. The van der Waals surface area contributed by atoms with Crippen molar-refractivity contribution in [3.8, 4) is 11.5 Å². The van der Waals surface area contributed by atoms with Gasteiger partial charge in [0, 0.05) is 5.56 Å². The maximum atomic E-state index is 12.3. The minimum atomic E-state index is -1.23. The Morgan fingerprint density at radius 2 is 1.69 bits per heavy atom. The van der Waals surface area contributed by atoms with Gasteiger partial charge in [-0.3, -0.25) is 4.79 Å². The highest BCUT2D eigenvalue weighted by atomic mass is 35.5. The molecule has 0 radical (unpaired) electrons. The molecule has 6 heteroatoms. The van der Waals surface area contributed by atoms with Gasteiger partial charge in [0.2, 0.25) is 0 Å². The predicted molar refractivity (Wildman–Crippen MR) is 112 cm³/mol. The summed E-state index contributed by atoms with van der Waals surface area (Å²) in [5.74, 6) is -0.628. The zero-order valence-corrected chi connectivity index (χ0v) is 16.3. The summed E-state index contributed by atoms with van der Waals surface area (Å²) >= 11 is 6.11. The van der Waals surface area contributed by atoms with E-state index in [1.165, 1.54) is 6.08 Å². The van der Waals surface area contributed by atoms with Crippen molar-refractivity contribution in [2.45, 2.75) is 6.92 Å². The molecule has 0 bridgehead atoms. The van der Waals surface area contributed by atoms with E-state index in [0.29, 0.717) is 27.6 Å². The van der Waals surface area contributed by atoms with Gasteiger partial charge in [-0.05, 0) is 60.5 Å². The Hall–Kier alpha value is -3.57. The summed E-state index contributed by atoms with van der Waals surface area (Å²) in [4.78, 5) is 23.9. The first kappa shape index (κ1) is 20.2. The van der Waals surface area contributed by atoms with Crippen LogP contribution in [0, 0.1) is 6.92 Å². The second kappa shape index (κ2) is 9.08. The number of nitrogens with one attached hydrogen (secondary N) is 1. The molecule has 29 heavy (non-hydrogen) atoms. The molecule has 0 aliphatic carbocycles. The van der Waals surface area contributed by atoms with Crippen LogP contribution in [0.5, 0.6) is 11.5 Å². The number of hydrogen-bond donors (Lipinski definition) is 2. The summed E-state index contributed by atoms with van der Waals surface area (Å²) in [6, 6.07) is 20.7. The number of halogens is 1. The second-order valence-corrected chi connectivity index (χ2v) is 6.64. The Balaban J connectivity index is 1.82. The van der Waals surface area contributed by atoms with Crippen LogP contribution < -0.4 is 10.1 Å². The maximum absolute atomic E-state index is 12.3. The summed E-state index contributed by atoms with van der Waals surface area (Å²) < 4.78 is 5.78. The fraction of sp³-hybridized carbons (Fsp3) is 0.0435. The Labute approximate surface area is 173 Å². The third-order valence-corrected chi connectivity index (χ3v) is 4.43. The van der Waals surface area contributed by atoms with Crippen LogP contribution >= 0.6 is 11.6 Å². The molecule has 0 saturated heterocycles. The van der Waals surface area contributed by atoms with E-state index in [0.717, 1.165) is 5.56 Å². The number of para-hydroxylation sites is 1. The van der Waals surface area contributed by atoms with Gasteiger partial charge in [-0.1, -0.05) is 48.0 Å². The molecule has 1 amide bonds. The predicted octanol–water partition coefficient (Wildman–Crippen LogP) is 5.30. The van der Waals surface area contributed by atoms with Gasteiger partial charge < -0.3 is 15.2 Å². The van der Waals surface area contributed by atoms with Crippen molar-refractivity contribution >= 4 is 29.6 Å². The third-order valence-electron chi connectivity index (χ3n) is 4.12. The first-order valence-corrected chi connectivity index (χ1v) is 9.16. The number of rotatable bonds is 6. The second-order valence-electron chi connectivity index (χ2n) is 6.23. The molecular formula is C23H18ClNO4. The number of carbonyl (C=O) groups is 2. The van der Waals surface area contributed by atoms with E-state index in [2.05, 4.69) is 5.32 Å². The van der Waals surface area contributed by atoms with Crippen molar-refractivity contribution in [3.05, 3.63) is 100 Å². The molecule has 5 nitrogen and oxygen atoms in total. The molecule has 3 aromatic carbocycles. The summed E-state index contributed by atoms with van der Waals surface area (Å²) in [6.45, 7) is 1.82. The fourth-order valence-electron chi connectivity index (χ4n) is 2.62. The lowest BCUT2D eigenvalue weighted by Crippen LogP contribution is -2.27. The largest absolute Gasteiger partial charge is 0.477 e. The lowest BCUT2D eigenvalue weighted by molar-refractivity contribution is -0.132. The van der Waals surface area contributed by atoms with Gasteiger partial charge in [-0.25, -0.2) is 4.79 Å². The van der Waals surface area contributed by atoms with Crippen LogP contribution in [0.15, 0.2) is 78.5 Å². The van der Waals surface area contributed by atoms with Crippen LogP contribution in [0.1, 0.15) is 21.5 Å². The number of carboxylic acid groups (broad SMARTS) is 1. The van der Waals surface area contributed by atoms with Gasteiger partial charge in [0.25, 0.3) is 5.91 Å². The Morgan fingerprint density at radius 3 is 2.34 bits per heavy atom. The van der Waals surface area contributed by atoms with Gasteiger partial charge in [0.15, 0.2) is 0 Å². The molecule has 3 aromatic rings. The van der Waals surface area contributed by atoms with Crippen molar-refractivity contribution < 1.29 is 19.4 Å². The SMILES string of the molecule is Cc1cc(Oc2ccccc2Cl)ccc1/C=C(\NC(=O)c1ccccc1)C(=O)O. The van der Waals surface area contributed by atoms with Gasteiger partial charge in [0.1, 0.15) is 17.2 Å². The molecular weight excluding hydrogens is 390 g/mol. The van der Waals surface area contributed by atoms with Crippen LogP contribution in [0.25, 0.3) is 6.08 Å². The van der Waals surface area contributed by atoms with Crippen LogP contribution in [0.4, 0.5) is 0 Å². The van der Waals surface area contributed by atoms with Gasteiger partial charge in [-0.2, -0.15) is 0 Å².